The first kappa shape index (κ1) is 16.2. The first-order valence-electron chi connectivity index (χ1n) is 7.62. The highest BCUT2D eigenvalue weighted by atomic mass is 32.2. The van der Waals surface area contributed by atoms with E-state index in [9.17, 15) is 4.79 Å². The number of thioether (sulfide) groups is 1. The average molecular weight is 339 g/mol. The van der Waals surface area contributed by atoms with Crippen molar-refractivity contribution < 1.29 is 4.79 Å². The molecule has 0 unspecified atom stereocenters. The first-order valence-corrected chi connectivity index (χ1v) is 8.61. The third kappa shape index (κ3) is 4.66. The molecule has 0 aliphatic carbocycles. The molecule has 0 bridgehead atoms. The Morgan fingerprint density at radius 3 is 2.58 bits per heavy atom. The van der Waals surface area contributed by atoms with Crippen LogP contribution in [0, 0.1) is 0 Å². The van der Waals surface area contributed by atoms with Gasteiger partial charge in [-0.15, -0.1) is 16.9 Å². The average Bonchev–Trinajstić information content (AvgIpc) is 3.15. The van der Waals surface area contributed by atoms with Crippen LogP contribution in [0.15, 0.2) is 65.8 Å². The molecule has 7 heteroatoms. The molecule has 1 heterocycles. The van der Waals surface area contributed by atoms with E-state index < -0.39 is 0 Å². The highest BCUT2D eigenvalue weighted by Crippen LogP contribution is 2.18. The van der Waals surface area contributed by atoms with Crippen molar-refractivity contribution in [2.24, 2.45) is 0 Å². The third-order valence-corrected chi connectivity index (χ3v) is 4.42. The fourth-order valence-electron chi connectivity index (χ4n) is 2.14. The molecular formula is C17H17N5OS. The van der Waals surface area contributed by atoms with Crippen LogP contribution in [0.3, 0.4) is 0 Å². The number of hydrogen-bond acceptors (Lipinski definition) is 5. The molecule has 1 N–H and O–H groups in total. The van der Waals surface area contributed by atoms with Crippen LogP contribution in [0.25, 0.3) is 5.69 Å². The van der Waals surface area contributed by atoms with Crippen molar-refractivity contribution in [2.45, 2.75) is 17.7 Å². The van der Waals surface area contributed by atoms with Crippen molar-refractivity contribution in [3.63, 3.8) is 0 Å². The fraction of sp³-hybridized carbons (Fsp3) is 0.176. The first-order chi connectivity index (χ1) is 11.8. The predicted molar refractivity (Wildman–Crippen MR) is 94.2 cm³/mol. The Balaban J connectivity index is 1.42. The van der Waals surface area contributed by atoms with E-state index in [1.165, 1.54) is 11.2 Å². The molecule has 24 heavy (non-hydrogen) atoms. The van der Waals surface area contributed by atoms with Crippen LogP contribution >= 0.6 is 11.8 Å². The van der Waals surface area contributed by atoms with Gasteiger partial charge in [0.1, 0.15) is 6.33 Å². The van der Waals surface area contributed by atoms with Gasteiger partial charge in [0, 0.05) is 17.0 Å². The summed E-state index contributed by atoms with van der Waals surface area (Å²) in [6.07, 6.45) is 2.88. The Bertz CT molecular complexity index is 759. The van der Waals surface area contributed by atoms with E-state index in [1.807, 2.05) is 42.5 Å². The van der Waals surface area contributed by atoms with Gasteiger partial charge in [-0.3, -0.25) is 4.79 Å². The lowest BCUT2D eigenvalue weighted by molar-refractivity contribution is -0.116. The standard InChI is InChI=1S/C17H17N5OS/c23-17(7-4-12-24-16-5-2-1-3-6-16)19-14-8-10-15(11-9-14)22-13-18-20-21-22/h1-3,5-6,8-11,13H,4,7,12H2,(H,19,23). The van der Waals surface area contributed by atoms with Crippen LogP contribution in [0.5, 0.6) is 0 Å². The van der Waals surface area contributed by atoms with Gasteiger partial charge < -0.3 is 5.32 Å². The molecule has 1 aromatic heterocycles. The minimum absolute atomic E-state index is 0.0267. The van der Waals surface area contributed by atoms with E-state index in [-0.39, 0.29) is 5.91 Å². The molecule has 0 fully saturated rings. The molecule has 2 aromatic carbocycles. The Labute approximate surface area is 144 Å². The summed E-state index contributed by atoms with van der Waals surface area (Å²) in [5.41, 5.74) is 1.62. The normalized spacial score (nSPS) is 10.5. The Morgan fingerprint density at radius 1 is 1.08 bits per heavy atom. The minimum atomic E-state index is 0.0267. The molecular weight excluding hydrogens is 322 g/mol. The SMILES string of the molecule is O=C(CCCSc1ccccc1)Nc1ccc(-n2cnnn2)cc1. The smallest absolute Gasteiger partial charge is 0.224 e. The molecule has 0 saturated carbocycles. The van der Waals surface area contributed by atoms with Gasteiger partial charge in [0.15, 0.2) is 0 Å². The van der Waals surface area contributed by atoms with Crippen LogP contribution in [-0.2, 0) is 4.79 Å². The summed E-state index contributed by atoms with van der Waals surface area (Å²) in [5, 5.41) is 13.9. The number of nitrogens with one attached hydrogen (secondary N) is 1. The monoisotopic (exact) mass is 339 g/mol. The molecule has 3 rings (SSSR count). The van der Waals surface area contributed by atoms with Crippen molar-refractivity contribution >= 4 is 23.4 Å². The molecule has 0 spiro atoms. The van der Waals surface area contributed by atoms with Crippen molar-refractivity contribution in [3.8, 4) is 5.69 Å². The number of aromatic nitrogens is 4. The summed E-state index contributed by atoms with van der Waals surface area (Å²) >= 11 is 1.77. The minimum Gasteiger partial charge on any atom is -0.326 e. The van der Waals surface area contributed by atoms with Crippen LogP contribution in [0.1, 0.15) is 12.8 Å². The van der Waals surface area contributed by atoms with Gasteiger partial charge in [0.25, 0.3) is 0 Å². The van der Waals surface area contributed by atoms with Crippen molar-refractivity contribution in [1.29, 1.82) is 0 Å². The molecule has 0 radical (unpaired) electrons. The number of anilines is 1. The van der Waals surface area contributed by atoms with Gasteiger partial charge in [0.05, 0.1) is 5.69 Å². The number of carbonyl (C=O) groups excluding carboxylic acids is 1. The molecule has 6 nitrogen and oxygen atoms in total. The van der Waals surface area contributed by atoms with Crippen LogP contribution < -0.4 is 5.32 Å². The predicted octanol–water partition coefficient (Wildman–Crippen LogP) is 3.17. The lowest BCUT2D eigenvalue weighted by Gasteiger charge is -2.06. The number of rotatable bonds is 7. The third-order valence-electron chi connectivity index (χ3n) is 3.32. The zero-order chi connectivity index (χ0) is 16.6. The van der Waals surface area contributed by atoms with Gasteiger partial charge in [0.2, 0.25) is 5.91 Å². The van der Waals surface area contributed by atoms with Crippen molar-refractivity contribution in [3.05, 3.63) is 60.9 Å². The maximum Gasteiger partial charge on any atom is 0.224 e. The largest absolute Gasteiger partial charge is 0.326 e. The summed E-state index contributed by atoms with van der Waals surface area (Å²) in [5.74, 6) is 0.953. The van der Waals surface area contributed by atoms with Gasteiger partial charge in [-0.2, -0.15) is 0 Å². The highest BCUT2D eigenvalue weighted by molar-refractivity contribution is 7.99. The van der Waals surface area contributed by atoms with Crippen molar-refractivity contribution in [2.75, 3.05) is 11.1 Å². The lowest BCUT2D eigenvalue weighted by atomic mass is 10.2. The number of nitrogens with zero attached hydrogens (tertiary/aromatic N) is 4. The number of carbonyl (C=O) groups is 1. The zero-order valence-electron chi connectivity index (χ0n) is 13.0. The summed E-state index contributed by atoms with van der Waals surface area (Å²) in [6.45, 7) is 0. The molecule has 3 aromatic rings. The summed E-state index contributed by atoms with van der Waals surface area (Å²) in [6, 6.07) is 17.6. The van der Waals surface area contributed by atoms with Gasteiger partial charge >= 0.3 is 0 Å². The molecule has 0 saturated heterocycles. The van der Waals surface area contributed by atoms with Gasteiger partial charge in [-0.25, -0.2) is 4.68 Å². The molecule has 0 aliphatic heterocycles. The highest BCUT2D eigenvalue weighted by Gasteiger charge is 2.04. The van der Waals surface area contributed by atoms with Crippen LogP contribution in [0.2, 0.25) is 0 Å². The van der Waals surface area contributed by atoms with Gasteiger partial charge in [-0.1, -0.05) is 18.2 Å². The van der Waals surface area contributed by atoms with E-state index >= 15 is 0 Å². The Hall–Kier alpha value is -2.67. The zero-order valence-corrected chi connectivity index (χ0v) is 13.8. The van der Waals surface area contributed by atoms with E-state index in [1.54, 1.807) is 16.4 Å². The quantitative estimate of drug-likeness (QED) is 0.529. The number of hydrogen-bond donors (Lipinski definition) is 1. The van der Waals surface area contributed by atoms with Crippen molar-refractivity contribution in [1.82, 2.24) is 20.2 Å². The number of benzene rings is 2. The van der Waals surface area contributed by atoms with E-state index in [4.69, 9.17) is 0 Å². The summed E-state index contributed by atoms with van der Waals surface area (Å²) in [7, 11) is 0. The van der Waals surface area contributed by atoms with Crippen LogP contribution in [0.4, 0.5) is 5.69 Å². The molecule has 122 valence electrons. The van der Waals surface area contributed by atoms with Gasteiger partial charge in [-0.05, 0) is 59.0 Å². The number of amides is 1. The van der Waals surface area contributed by atoms with E-state index in [0.29, 0.717) is 6.42 Å². The van der Waals surface area contributed by atoms with E-state index in [2.05, 4.69) is 33.0 Å². The maximum absolute atomic E-state index is 12.0. The second-order valence-corrected chi connectivity index (χ2v) is 6.28. The summed E-state index contributed by atoms with van der Waals surface area (Å²) in [4.78, 5) is 13.2. The molecule has 1 amide bonds. The molecule has 0 aliphatic rings. The molecule has 0 atom stereocenters. The Kier molecular flexibility index (Phi) is 5.57. The van der Waals surface area contributed by atoms with E-state index in [0.717, 1.165) is 23.5 Å². The topological polar surface area (TPSA) is 72.7 Å². The fourth-order valence-corrected chi connectivity index (χ4v) is 3.01. The number of tetrazole rings is 1. The summed E-state index contributed by atoms with van der Waals surface area (Å²) < 4.78 is 1.56. The lowest BCUT2D eigenvalue weighted by Crippen LogP contribution is -2.11. The maximum atomic E-state index is 12.0. The Morgan fingerprint density at radius 2 is 1.88 bits per heavy atom. The van der Waals surface area contributed by atoms with Crippen LogP contribution in [-0.4, -0.2) is 31.9 Å². The second kappa shape index (κ2) is 8.26. The second-order valence-electron chi connectivity index (χ2n) is 5.11.